The molecule has 1 saturated heterocycles. The van der Waals surface area contributed by atoms with E-state index in [0.29, 0.717) is 6.10 Å². The van der Waals surface area contributed by atoms with Crippen LogP contribution in [0.4, 0.5) is 0 Å². The predicted molar refractivity (Wildman–Crippen MR) is 55.0 cm³/mol. The van der Waals surface area contributed by atoms with E-state index in [1.54, 1.807) is 7.11 Å². The molecule has 0 saturated carbocycles. The lowest BCUT2D eigenvalue weighted by atomic mass is 10.2. The monoisotopic (exact) mass is 193 g/mol. The highest BCUT2D eigenvalue weighted by molar-refractivity contribution is 5.40. The number of benzene rings is 1. The van der Waals surface area contributed by atoms with E-state index in [9.17, 15) is 0 Å². The number of rotatable bonds is 3. The summed E-state index contributed by atoms with van der Waals surface area (Å²) in [6.45, 7) is 3.92. The van der Waals surface area contributed by atoms with Crippen LogP contribution >= 0.6 is 0 Å². The first kappa shape index (κ1) is 9.34. The van der Waals surface area contributed by atoms with Crippen LogP contribution in [0, 0.1) is 6.92 Å². The van der Waals surface area contributed by atoms with Gasteiger partial charge < -0.3 is 14.8 Å². The van der Waals surface area contributed by atoms with Gasteiger partial charge in [0, 0.05) is 19.2 Å². The van der Waals surface area contributed by atoms with Crippen molar-refractivity contribution >= 4 is 0 Å². The molecule has 0 aliphatic carbocycles. The van der Waals surface area contributed by atoms with Gasteiger partial charge in [-0.15, -0.1) is 0 Å². The second-order valence-corrected chi connectivity index (χ2v) is 3.53. The SMILES string of the molecule is COc1ccc(C)c(OC2CNC2)c1. The van der Waals surface area contributed by atoms with Gasteiger partial charge in [0.1, 0.15) is 17.6 Å². The summed E-state index contributed by atoms with van der Waals surface area (Å²) < 4.78 is 10.9. The van der Waals surface area contributed by atoms with E-state index in [2.05, 4.69) is 5.32 Å². The largest absolute Gasteiger partial charge is 0.497 e. The van der Waals surface area contributed by atoms with Gasteiger partial charge in [-0.25, -0.2) is 0 Å². The van der Waals surface area contributed by atoms with E-state index in [-0.39, 0.29) is 0 Å². The predicted octanol–water partition coefficient (Wildman–Crippen LogP) is 1.35. The normalized spacial score (nSPS) is 16.1. The molecule has 1 aromatic rings. The molecule has 2 rings (SSSR count). The number of methoxy groups -OCH3 is 1. The van der Waals surface area contributed by atoms with Crippen LogP contribution in [-0.4, -0.2) is 26.3 Å². The molecule has 1 N–H and O–H groups in total. The van der Waals surface area contributed by atoms with Crippen molar-refractivity contribution in [3.63, 3.8) is 0 Å². The number of ether oxygens (including phenoxy) is 2. The summed E-state index contributed by atoms with van der Waals surface area (Å²) in [6.07, 6.45) is 0.320. The van der Waals surface area contributed by atoms with Crippen molar-refractivity contribution in [2.75, 3.05) is 20.2 Å². The average molecular weight is 193 g/mol. The minimum absolute atomic E-state index is 0.320. The Labute approximate surface area is 84.0 Å². The van der Waals surface area contributed by atoms with Crippen LogP contribution in [0.5, 0.6) is 11.5 Å². The van der Waals surface area contributed by atoms with E-state index >= 15 is 0 Å². The molecule has 1 heterocycles. The molecule has 3 nitrogen and oxygen atoms in total. The lowest BCUT2D eigenvalue weighted by Gasteiger charge is -2.28. The maximum atomic E-state index is 5.78. The first-order valence-electron chi connectivity index (χ1n) is 4.81. The van der Waals surface area contributed by atoms with Crippen LogP contribution in [-0.2, 0) is 0 Å². The molecule has 1 aromatic carbocycles. The number of hydrogen-bond donors (Lipinski definition) is 1. The zero-order chi connectivity index (χ0) is 9.97. The molecule has 1 aliphatic heterocycles. The molecular formula is C11H15NO2. The fraction of sp³-hybridized carbons (Fsp3) is 0.455. The molecule has 0 aromatic heterocycles. The Morgan fingerprint density at radius 1 is 1.36 bits per heavy atom. The maximum Gasteiger partial charge on any atom is 0.126 e. The van der Waals surface area contributed by atoms with E-state index in [1.807, 2.05) is 25.1 Å². The van der Waals surface area contributed by atoms with Crippen LogP contribution in [0.3, 0.4) is 0 Å². The summed E-state index contributed by atoms with van der Waals surface area (Å²) in [5, 5.41) is 3.17. The Bertz CT molecular complexity index is 321. The van der Waals surface area contributed by atoms with Crippen molar-refractivity contribution in [2.24, 2.45) is 0 Å². The first-order chi connectivity index (χ1) is 6.79. The third-order valence-electron chi connectivity index (χ3n) is 2.43. The average Bonchev–Trinajstić information content (AvgIpc) is 2.14. The molecule has 0 bridgehead atoms. The molecule has 0 radical (unpaired) electrons. The van der Waals surface area contributed by atoms with Crippen LogP contribution in [0.1, 0.15) is 5.56 Å². The zero-order valence-electron chi connectivity index (χ0n) is 8.54. The van der Waals surface area contributed by atoms with Crippen molar-refractivity contribution < 1.29 is 9.47 Å². The highest BCUT2D eigenvalue weighted by Crippen LogP contribution is 2.25. The van der Waals surface area contributed by atoms with Crippen LogP contribution in [0.25, 0.3) is 0 Å². The Balaban J connectivity index is 2.13. The van der Waals surface area contributed by atoms with Gasteiger partial charge in [0.15, 0.2) is 0 Å². The second-order valence-electron chi connectivity index (χ2n) is 3.53. The highest BCUT2D eigenvalue weighted by Gasteiger charge is 2.19. The molecule has 76 valence electrons. The molecule has 0 unspecified atom stereocenters. The molecule has 0 amide bonds. The summed E-state index contributed by atoms with van der Waals surface area (Å²) in [6, 6.07) is 5.90. The Morgan fingerprint density at radius 3 is 2.71 bits per heavy atom. The van der Waals surface area contributed by atoms with Gasteiger partial charge in [-0.2, -0.15) is 0 Å². The van der Waals surface area contributed by atoms with Crippen molar-refractivity contribution in [2.45, 2.75) is 13.0 Å². The van der Waals surface area contributed by atoms with Crippen molar-refractivity contribution in [3.05, 3.63) is 23.8 Å². The van der Waals surface area contributed by atoms with E-state index in [4.69, 9.17) is 9.47 Å². The summed E-state index contributed by atoms with van der Waals surface area (Å²) >= 11 is 0. The Morgan fingerprint density at radius 2 is 2.14 bits per heavy atom. The Kier molecular flexibility index (Phi) is 2.59. The van der Waals surface area contributed by atoms with E-state index < -0.39 is 0 Å². The van der Waals surface area contributed by atoms with Crippen molar-refractivity contribution in [1.29, 1.82) is 0 Å². The summed E-state index contributed by atoms with van der Waals surface area (Å²) in [5.41, 5.74) is 1.15. The summed E-state index contributed by atoms with van der Waals surface area (Å²) in [7, 11) is 1.67. The quantitative estimate of drug-likeness (QED) is 0.786. The van der Waals surface area contributed by atoms with Gasteiger partial charge in [-0.1, -0.05) is 6.07 Å². The molecule has 0 atom stereocenters. The van der Waals surface area contributed by atoms with Gasteiger partial charge in [0.05, 0.1) is 7.11 Å². The molecular weight excluding hydrogens is 178 g/mol. The summed E-state index contributed by atoms with van der Waals surface area (Å²) in [4.78, 5) is 0. The second kappa shape index (κ2) is 3.88. The van der Waals surface area contributed by atoms with Gasteiger partial charge in [0.25, 0.3) is 0 Å². The maximum absolute atomic E-state index is 5.78. The first-order valence-corrected chi connectivity index (χ1v) is 4.81. The van der Waals surface area contributed by atoms with Crippen LogP contribution in [0.2, 0.25) is 0 Å². The number of nitrogens with one attached hydrogen (secondary N) is 1. The highest BCUT2D eigenvalue weighted by atomic mass is 16.5. The van der Waals surface area contributed by atoms with Gasteiger partial charge >= 0.3 is 0 Å². The third kappa shape index (κ3) is 1.82. The van der Waals surface area contributed by atoms with Gasteiger partial charge in [-0.05, 0) is 18.6 Å². The van der Waals surface area contributed by atoms with Crippen LogP contribution in [0.15, 0.2) is 18.2 Å². The van der Waals surface area contributed by atoms with E-state index in [0.717, 1.165) is 30.2 Å². The minimum atomic E-state index is 0.320. The molecule has 3 heteroatoms. The number of hydrogen-bond acceptors (Lipinski definition) is 3. The topological polar surface area (TPSA) is 30.5 Å². The minimum Gasteiger partial charge on any atom is -0.497 e. The fourth-order valence-corrected chi connectivity index (χ4v) is 1.36. The molecule has 14 heavy (non-hydrogen) atoms. The standard InChI is InChI=1S/C11H15NO2/c1-8-3-4-9(13-2)5-11(8)14-10-6-12-7-10/h3-5,10,12H,6-7H2,1-2H3. The molecule has 1 fully saturated rings. The van der Waals surface area contributed by atoms with Crippen molar-refractivity contribution in [1.82, 2.24) is 5.32 Å². The lowest BCUT2D eigenvalue weighted by Crippen LogP contribution is -2.50. The molecule has 0 spiro atoms. The zero-order valence-corrected chi connectivity index (χ0v) is 8.54. The van der Waals surface area contributed by atoms with Crippen molar-refractivity contribution in [3.8, 4) is 11.5 Å². The smallest absolute Gasteiger partial charge is 0.126 e. The fourth-order valence-electron chi connectivity index (χ4n) is 1.36. The van der Waals surface area contributed by atoms with Crippen LogP contribution < -0.4 is 14.8 Å². The van der Waals surface area contributed by atoms with Gasteiger partial charge in [-0.3, -0.25) is 0 Å². The summed E-state index contributed by atoms with van der Waals surface area (Å²) in [5.74, 6) is 1.77. The van der Waals surface area contributed by atoms with Gasteiger partial charge in [0.2, 0.25) is 0 Å². The Hall–Kier alpha value is -1.22. The lowest BCUT2D eigenvalue weighted by molar-refractivity contribution is 0.141. The van der Waals surface area contributed by atoms with E-state index in [1.165, 1.54) is 0 Å². The molecule has 1 aliphatic rings. The number of aryl methyl sites for hydroxylation is 1. The third-order valence-corrected chi connectivity index (χ3v) is 2.43.